The molecule has 3 aromatic rings. The van der Waals surface area contributed by atoms with E-state index in [-0.39, 0.29) is 35.3 Å². The molecule has 8 heteroatoms. The van der Waals surface area contributed by atoms with Crippen LogP contribution in [0.4, 0.5) is 11.4 Å². The number of ether oxygens (including phenoxy) is 1. The third-order valence-electron chi connectivity index (χ3n) is 10.1. The van der Waals surface area contributed by atoms with Crippen molar-refractivity contribution in [2.75, 3.05) is 16.9 Å². The van der Waals surface area contributed by atoms with Gasteiger partial charge in [-0.2, -0.15) is 0 Å². The van der Waals surface area contributed by atoms with Crippen molar-refractivity contribution in [3.8, 4) is 11.5 Å². The topological polar surface area (TPSA) is 104 Å². The molecule has 3 fully saturated rings. The number of benzene rings is 3. The first-order valence-corrected chi connectivity index (χ1v) is 14.9. The largest absolute Gasteiger partial charge is 0.504 e. The zero-order valence-electron chi connectivity index (χ0n) is 24.4. The summed E-state index contributed by atoms with van der Waals surface area (Å²) >= 11 is 0. The van der Waals surface area contributed by atoms with Gasteiger partial charge in [0.05, 0.1) is 41.7 Å². The standard InChI is InChI=1S/C36H32N2O6/c1-36-27(17-13-21-14-18-29(39)30(19-21)44-2)24-15-16-25-31(34(42)37(32(25)40)22-9-5-3-6-10-22)26(24)20-28(36)33(41)38(35(36)43)23-11-7-4-8-12-23/h3-15,17-19,25-28,31,39H,16,20H2,1-2H3. The van der Waals surface area contributed by atoms with Crippen LogP contribution in [-0.4, -0.2) is 35.8 Å². The van der Waals surface area contributed by atoms with Crippen LogP contribution in [-0.2, 0) is 19.2 Å². The summed E-state index contributed by atoms with van der Waals surface area (Å²) in [6, 6.07) is 22.9. The highest BCUT2D eigenvalue weighted by Crippen LogP contribution is 2.61. The van der Waals surface area contributed by atoms with Gasteiger partial charge in [0.15, 0.2) is 11.5 Å². The fraction of sp³-hybridized carbons (Fsp3) is 0.278. The summed E-state index contributed by atoms with van der Waals surface area (Å²) in [6.45, 7) is 1.86. The zero-order valence-corrected chi connectivity index (χ0v) is 24.4. The quantitative estimate of drug-likeness (QED) is 0.317. The first-order chi connectivity index (χ1) is 21.3. The van der Waals surface area contributed by atoms with Crippen molar-refractivity contribution < 1.29 is 29.0 Å². The molecule has 2 aliphatic carbocycles. The summed E-state index contributed by atoms with van der Waals surface area (Å²) in [5.74, 6) is -3.44. The monoisotopic (exact) mass is 588 g/mol. The molecule has 0 bridgehead atoms. The van der Waals surface area contributed by atoms with Gasteiger partial charge in [-0.15, -0.1) is 0 Å². The molecule has 44 heavy (non-hydrogen) atoms. The van der Waals surface area contributed by atoms with E-state index in [0.29, 0.717) is 30.0 Å². The third kappa shape index (κ3) is 3.97. The number of phenols is 1. The molecule has 8 nitrogen and oxygen atoms in total. The number of rotatable bonds is 5. The van der Waals surface area contributed by atoms with Crippen LogP contribution in [0.1, 0.15) is 25.3 Å². The smallest absolute Gasteiger partial charge is 0.241 e. The lowest BCUT2D eigenvalue weighted by atomic mass is 9.52. The van der Waals surface area contributed by atoms with Crippen LogP contribution in [0.5, 0.6) is 11.5 Å². The maximum Gasteiger partial charge on any atom is 0.241 e. The Balaban J connectivity index is 1.33. The molecule has 4 amide bonds. The molecule has 4 aliphatic rings. The maximum absolute atomic E-state index is 14.4. The molecule has 1 N–H and O–H groups in total. The van der Waals surface area contributed by atoms with E-state index in [1.807, 2.05) is 37.3 Å². The maximum atomic E-state index is 14.4. The first-order valence-electron chi connectivity index (χ1n) is 14.9. The zero-order chi connectivity index (χ0) is 30.7. The minimum atomic E-state index is -1.11. The van der Waals surface area contributed by atoms with Crippen LogP contribution in [0, 0.1) is 35.0 Å². The Labute approximate surface area is 255 Å². The number of allylic oxidation sites excluding steroid dienone is 3. The van der Waals surface area contributed by atoms with E-state index in [9.17, 15) is 24.3 Å². The van der Waals surface area contributed by atoms with Crippen molar-refractivity contribution in [1.29, 1.82) is 0 Å². The molecular weight excluding hydrogens is 556 g/mol. The number of phenolic OH excluding ortho intramolecular Hbond substituents is 1. The lowest BCUT2D eigenvalue weighted by molar-refractivity contribution is -0.132. The summed E-state index contributed by atoms with van der Waals surface area (Å²) in [6.07, 6.45) is 6.52. The second-order valence-electron chi connectivity index (χ2n) is 12.2. The van der Waals surface area contributed by atoms with E-state index in [1.54, 1.807) is 66.7 Å². The molecule has 0 spiro atoms. The predicted octanol–water partition coefficient (Wildman–Crippen LogP) is 5.38. The number of imide groups is 2. The van der Waals surface area contributed by atoms with Crippen LogP contribution in [0.25, 0.3) is 6.08 Å². The van der Waals surface area contributed by atoms with E-state index in [1.165, 1.54) is 16.9 Å². The van der Waals surface area contributed by atoms with Gasteiger partial charge in [-0.05, 0) is 67.6 Å². The van der Waals surface area contributed by atoms with Crippen LogP contribution >= 0.6 is 0 Å². The highest BCUT2D eigenvalue weighted by Gasteiger charge is 2.66. The van der Waals surface area contributed by atoms with Crippen molar-refractivity contribution in [1.82, 2.24) is 0 Å². The van der Waals surface area contributed by atoms with Crippen molar-refractivity contribution in [3.63, 3.8) is 0 Å². The van der Waals surface area contributed by atoms with E-state index in [2.05, 4.69) is 0 Å². The highest BCUT2D eigenvalue weighted by atomic mass is 16.5. The summed E-state index contributed by atoms with van der Waals surface area (Å²) in [4.78, 5) is 58.8. The van der Waals surface area contributed by atoms with E-state index in [4.69, 9.17) is 4.74 Å². The van der Waals surface area contributed by atoms with Crippen molar-refractivity contribution in [2.45, 2.75) is 19.8 Å². The normalized spacial score (nSPS) is 29.5. The summed E-state index contributed by atoms with van der Waals surface area (Å²) in [7, 11) is 1.47. The molecule has 3 aromatic carbocycles. The number of amides is 4. The molecular formula is C36H32N2O6. The number of methoxy groups -OCH3 is 1. The SMILES string of the molecule is COc1cc(C=CC2C3=CCC4C(=O)N(c5ccccc5)C(=O)C4C3CC3C(=O)N(c4ccccc4)C(=O)C23C)ccc1O. The molecule has 2 saturated heterocycles. The van der Waals surface area contributed by atoms with Crippen molar-refractivity contribution in [2.24, 2.45) is 35.0 Å². The van der Waals surface area contributed by atoms with Crippen LogP contribution < -0.4 is 14.5 Å². The fourth-order valence-corrected chi connectivity index (χ4v) is 7.88. The molecule has 6 atom stereocenters. The minimum absolute atomic E-state index is 0.0119. The van der Waals surface area contributed by atoms with Crippen LogP contribution in [0.15, 0.2) is 96.6 Å². The molecule has 2 aliphatic heterocycles. The van der Waals surface area contributed by atoms with Gasteiger partial charge in [0.25, 0.3) is 0 Å². The third-order valence-corrected chi connectivity index (χ3v) is 10.1. The summed E-state index contributed by atoms with van der Waals surface area (Å²) in [5, 5.41) is 10.1. The predicted molar refractivity (Wildman–Crippen MR) is 164 cm³/mol. The van der Waals surface area contributed by atoms with Gasteiger partial charge in [-0.1, -0.05) is 66.3 Å². The minimum Gasteiger partial charge on any atom is -0.504 e. The number of carbonyl (C=O) groups excluding carboxylic acids is 4. The van der Waals surface area contributed by atoms with E-state index >= 15 is 0 Å². The Morgan fingerprint density at radius 2 is 1.50 bits per heavy atom. The molecule has 1 saturated carbocycles. The number of hydrogen-bond acceptors (Lipinski definition) is 6. The number of anilines is 2. The molecule has 6 unspecified atom stereocenters. The van der Waals surface area contributed by atoms with Gasteiger partial charge >= 0.3 is 0 Å². The summed E-state index contributed by atoms with van der Waals surface area (Å²) in [5.41, 5.74) is 1.61. The van der Waals surface area contributed by atoms with E-state index in [0.717, 1.165) is 11.1 Å². The first kappa shape index (κ1) is 27.8. The van der Waals surface area contributed by atoms with Crippen molar-refractivity contribution >= 4 is 41.1 Å². The van der Waals surface area contributed by atoms with Gasteiger partial charge in [-0.25, -0.2) is 4.90 Å². The Kier molecular flexibility index (Phi) is 6.53. The fourth-order valence-electron chi connectivity index (χ4n) is 7.88. The second kappa shape index (κ2) is 10.3. The van der Waals surface area contributed by atoms with Gasteiger partial charge in [-0.3, -0.25) is 24.1 Å². The average Bonchev–Trinajstić information content (AvgIpc) is 3.41. The number of para-hydroxylation sites is 2. The second-order valence-corrected chi connectivity index (χ2v) is 12.2. The Hall–Kier alpha value is -4.98. The number of fused-ring (bicyclic) bond motifs is 4. The summed E-state index contributed by atoms with van der Waals surface area (Å²) < 4.78 is 5.29. The Bertz CT molecular complexity index is 1750. The average molecular weight is 589 g/mol. The molecule has 222 valence electrons. The number of nitrogens with zero attached hydrogens (tertiary/aromatic N) is 2. The van der Waals surface area contributed by atoms with Crippen LogP contribution in [0.3, 0.4) is 0 Å². The molecule has 2 heterocycles. The van der Waals surface area contributed by atoms with Crippen molar-refractivity contribution in [3.05, 3.63) is 102 Å². The van der Waals surface area contributed by atoms with Gasteiger partial charge in [0.2, 0.25) is 23.6 Å². The molecule has 7 rings (SSSR count). The number of carbonyl (C=O) groups is 4. The van der Waals surface area contributed by atoms with Crippen LogP contribution in [0.2, 0.25) is 0 Å². The lowest BCUT2D eigenvalue weighted by Crippen LogP contribution is -2.49. The molecule has 0 aromatic heterocycles. The lowest BCUT2D eigenvalue weighted by Gasteiger charge is -2.47. The Morgan fingerprint density at radius 3 is 2.16 bits per heavy atom. The highest BCUT2D eigenvalue weighted by molar-refractivity contribution is 6.25. The van der Waals surface area contributed by atoms with E-state index < -0.39 is 29.1 Å². The van der Waals surface area contributed by atoms with Gasteiger partial charge < -0.3 is 9.84 Å². The number of hydrogen-bond donors (Lipinski definition) is 1. The number of aromatic hydroxyl groups is 1. The van der Waals surface area contributed by atoms with Gasteiger partial charge in [0, 0.05) is 5.92 Å². The van der Waals surface area contributed by atoms with Gasteiger partial charge in [0.1, 0.15) is 0 Å². The molecule has 0 radical (unpaired) electrons. The Morgan fingerprint density at radius 1 is 0.841 bits per heavy atom.